The second kappa shape index (κ2) is 7.29. The number of piperidine rings is 1. The first-order valence-electron chi connectivity index (χ1n) is 10.3. The zero-order valence-electron chi connectivity index (χ0n) is 16.9. The molecule has 6 nitrogen and oxygen atoms in total. The molecule has 5 rings (SSSR count). The molecule has 2 aromatic rings. The maximum Gasteiger partial charge on any atom is 0.471 e. The zero-order valence-corrected chi connectivity index (χ0v) is 16.9. The average molecular weight is 443 g/mol. The summed E-state index contributed by atoms with van der Waals surface area (Å²) in [6, 6.07) is 11.7. The second-order valence-corrected chi connectivity index (χ2v) is 8.28. The Balaban J connectivity index is 1.61. The van der Waals surface area contributed by atoms with Crippen molar-refractivity contribution >= 4 is 17.3 Å². The van der Waals surface area contributed by atoms with E-state index < -0.39 is 24.2 Å². The number of hydrogen-bond acceptors (Lipinski definition) is 4. The predicted molar refractivity (Wildman–Crippen MR) is 110 cm³/mol. The van der Waals surface area contributed by atoms with Gasteiger partial charge >= 0.3 is 12.1 Å². The van der Waals surface area contributed by atoms with Gasteiger partial charge in [-0.3, -0.25) is 4.79 Å². The van der Waals surface area contributed by atoms with Crippen molar-refractivity contribution in [1.82, 2.24) is 4.90 Å². The van der Waals surface area contributed by atoms with E-state index in [0.29, 0.717) is 42.7 Å². The molecule has 32 heavy (non-hydrogen) atoms. The summed E-state index contributed by atoms with van der Waals surface area (Å²) in [6.07, 6.45) is -3.01. The molecule has 3 aliphatic heterocycles. The highest BCUT2D eigenvalue weighted by molar-refractivity contribution is 5.99. The van der Waals surface area contributed by atoms with E-state index in [4.69, 9.17) is 15.7 Å². The van der Waals surface area contributed by atoms with Crippen molar-refractivity contribution in [3.63, 3.8) is 0 Å². The number of nitrogens with zero attached hydrogens (tertiary/aromatic N) is 2. The smallest absolute Gasteiger partial charge is 0.456 e. The highest BCUT2D eigenvalue weighted by Crippen LogP contribution is 2.50. The van der Waals surface area contributed by atoms with Crippen LogP contribution in [0.15, 0.2) is 53.2 Å². The molecule has 2 unspecified atom stereocenters. The van der Waals surface area contributed by atoms with Crippen LogP contribution in [0.5, 0.6) is 11.5 Å². The molecule has 0 radical (unpaired) electrons. The van der Waals surface area contributed by atoms with Crippen molar-refractivity contribution in [2.24, 2.45) is 10.9 Å². The SMILES string of the molecule is N/C(=N\O)c1ccc2c(c1)Oc1ccccc1C2=C1CC2CCC(C1)N2C(=O)C(F)(F)F. The number of ether oxygens (including phenoxy) is 1. The molecule has 0 aliphatic carbocycles. The van der Waals surface area contributed by atoms with Crippen molar-refractivity contribution < 1.29 is 27.9 Å². The number of nitrogens with two attached hydrogens (primary N) is 1. The van der Waals surface area contributed by atoms with Crippen LogP contribution in [0.25, 0.3) is 5.57 Å². The summed E-state index contributed by atoms with van der Waals surface area (Å²) in [6.45, 7) is 0. The lowest BCUT2D eigenvalue weighted by Gasteiger charge is -2.38. The third-order valence-electron chi connectivity index (χ3n) is 6.45. The number of para-hydroxylation sites is 1. The molecule has 0 spiro atoms. The molecule has 2 saturated heterocycles. The molecule has 0 aromatic heterocycles. The Morgan fingerprint density at radius 1 is 1.06 bits per heavy atom. The van der Waals surface area contributed by atoms with Gasteiger partial charge in [0, 0.05) is 28.8 Å². The first kappa shape index (κ1) is 20.4. The molecule has 3 heterocycles. The number of oxime groups is 1. The summed E-state index contributed by atoms with van der Waals surface area (Å²) in [5, 5.41) is 12.0. The Labute approximate surface area is 181 Å². The zero-order chi connectivity index (χ0) is 22.6. The van der Waals surface area contributed by atoms with Crippen LogP contribution in [-0.4, -0.2) is 40.1 Å². The Kier molecular flexibility index (Phi) is 4.65. The number of amides is 1. The first-order valence-corrected chi connectivity index (χ1v) is 10.3. The maximum atomic E-state index is 13.1. The number of carbonyl (C=O) groups excluding carboxylic acids is 1. The monoisotopic (exact) mass is 443 g/mol. The summed E-state index contributed by atoms with van der Waals surface area (Å²) >= 11 is 0. The van der Waals surface area contributed by atoms with Crippen LogP contribution in [0.4, 0.5) is 13.2 Å². The summed E-state index contributed by atoms with van der Waals surface area (Å²) in [7, 11) is 0. The van der Waals surface area contributed by atoms with Gasteiger partial charge in [0.05, 0.1) is 0 Å². The standard InChI is InChI=1S/C23H20F3N3O3/c24-23(25,26)22(30)29-14-6-7-15(29)10-13(9-14)20-16-3-1-2-4-18(16)32-19-11-12(21(27)28-31)5-8-17(19)20/h1-5,8,11,14-15,31H,6-7,9-10H2,(H2,27,28). The topological polar surface area (TPSA) is 88.2 Å². The number of halogens is 3. The maximum absolute atomic E-state index is 13.1. The molecule has 166 valence electrons. The Morgan fingerprint density at radius 2 is 1.72 bits per heavy atom. The van der Waals surface area contributed by atoms with Crippen LogP contribution < -0.4 is 10.5 Å². The fourth-order valence-electron chi connectivity index (χ4n) is 5.13. The predicted octanol–water partition coefficient (Wildman–Crippen LogP) is 4.40. The van der Waals surface area contributed by atoms with Crippen molar-refractivity contribution in [2.75, 3.05) is 0 Å². The minimum absolute atomic E-state index is 0.0542. The van der Waals surface area contributed by atoms with E-state index in [0.717, 1.165) is 27.2 Å². The molecular weight excluding hydrogens is 423 g/mol. The van der Waals surface area contributed by atoms with Crippen LogP contribution in [0.2, 0.25) is 0 Å². The fraction of sp³-hybridized carbons (Fsp3) is 0.304. The van der Waals surface area contributed by atoms with Gasteiger partial charge in [-0.25, -0.2) is 0 Å². The molecule has 3 aliphatic rings. The van der Waals surface area contributed by atoms with Crippen LogP contribution in [0.3, 0.4) is 0 Å². The van der Waals surface area contributed by atoms with Crippen molar-refractivity contribution in [3.8, 4) is 11.5 Å². The molecule has 3 N–H and O–H groups in total. The molecule has 0 saturated carbocycles. The van der Waals surface area contributed by atoms with Gasteiger partial charge < -0.3 is 20.6 Å². The fourth-order valence-corrected chi connectivity index (χ4v) is 5.13. The number of fused-ring (bicyclic) bond motifs is 4. The third kappa shape index (κ3) is 3.19. The largest absolute Gasteiger partial charge is 0.471 e. The quantitative estimate of drug-likeness (QED) is 0.253. The molecule has 2 atom stereocenters. The van der Waals surface area contributed by atoms with Gasteiger partial charge in [0.15, 0.2) is 5.84 Å². The minimum atomic E-state index is -4.87. The Morgan fingerprint density at radius 3 is 2.38 bits per heavy atom. The van der Waals surface area contributed by atoms with Crippen molar-refractivity contribution in [1.29, 1.82) is 0 Å². The number of rotatable bonds is 1. The molecule has 9 heteroatoms. The number of alkyl halides is 3. The second-order valence-electron chi connectivity index (χ2n) is 8.28. The number of carbonyl (C=O) groups is 1. The van der Waals surface area contributed by atoms with Gasteiger partial charge in [0.1, 0.15) is 11.5 Å². The molecule has 2 bridgehead atoms. The van der Waals surface area contributed by atoms with Gasteiger partial charge in [-0.15, -0.1) is 0 Å². The number of benzene rings is 2. The molecule has 2 aromatic carbocycles. The van der Waals surface area contributed by atoms with Crippen LogP contribution in [-0.2, 0) is 4.79 Å². The van der Waals surface area contributed by atoms with Crippen LogP contribution in [0, 0.1) is 0 Å². The first-order chi connectivity index (χ1) is 15.3. The Hall–Kier alpha value is -3.49. The van der Waals surface area contributed by atoms with E-state index in [9.17, 15) is 18.0 Å². The van der Waals surface area contributed by atoms with Gasteiger partial charge in [0.25, 0.3) is 0 Å². The molecule has 2 fully saturated rings. The lowest BCUT2D eigenvalue weighted by molar-refractivity contribution is -0.189. The van der Waals surface area contributed by atoms with E-state index in [1.807, 2.05) is 30.3 Å². The van der Waals surface area contributed by atoms with Gasteiger partial charge in [-0.1, -0.05) is 35.0 Å². The summed E-state index contributed by atoms with van der Waals surface area (Å²) in [5.74, 6) is -0.650. The van der Waals surface area contributed by atoms with E-state index in [2.05, 4.69) is 5.16 Å². The van der Waals surface area contributed by atoms with Gasteiger partial charge in [-0.2, -0.15) is 13.2 Å². The van der Waals surface area contributed by atoms with E-state index >= 15 is 0 Å². The number of amidine groups is 1. The van der Waals surface area contributed by atoms with Crippen LogP contribution in [0.1, 0.15) is 42.4 Å². The lowest BCUT2D eigenvalue weighted by atomic mass is 9.83. The minimum Gasteiger partial charge on any atom is -0.456 e. The van der Waals surface area contributed by atoms with Gasteiger partial charge in [-0.05, 0) is 49.5 Å². The van der Waals surface area contributed by atoms with E-state index in [1.165, 1.54) is 0 Å². The van der Waals surface area contributed by atoms with Crippen molar-refractivity contribution in [2.45, 2.75) is 43.9 Å². The average Bonchev–Trinajstić information content (AvgIpc) is 3.04. The van der Waals surface area contributed by atoms with Crippen molar-refractivity contribution in [3.05, 3.63) is 64.7 Å². The summed E-state index contributed by atoms with van der Waals surface area (Å²) in [5.41, 5.74) is 9.80. The highest BCUT2D eigenvalue weighted by atomic mass is 19.4. The van der Waals surface area contributed by atoms with Crippen LogP contribution >= 0.6 is 0 Å². The third-order valence-corrected chi connectivity index (χ3v) is 6.45. The van der Waals surface area contributed by atoms with Gasteiger partial charge in [0.2, 0.25) is 0 Å². The Bertz CT molecular complexity index is 1160. The summed E-state index contributed by atoms with van der Waals surface area (Å²) in [4.78, 5) is 13.1. The lowest BCUT2D eigenvalue weighted by Crippen LogP contribution is -2.50. The summed E-state index contributed by atoms with van der Waals surface area (Å²) < 4.78 is 45.5. The molecular formula is C23H20F3N3O3. The number of hydrogen-bond donors (Lipinski definition) is 2. The molecule has 1 amide bonds. The normalized spacial score (nSPS) is 22.3. The van der Waals surface area contributed by atoms with E-state index in [-0.39, 0.29) is 5.84 Å². The van der Waals surface area contributed by atoms with E-state index in [1.54, 1.807) is 12.1 Å². The highest BCUT2D eigenvalue weighted by Gasteiger charge is 2.51.